The molecule has 0 aliphatic heterocycles. The average Bonchev–Trinajstić information content (AvgIpc) is 3.23. The lowest BCUT2D eigenvalue weighted by Gasteiger charge is -2.06. The average molecular weight is 477 g/mol. The van der Waals surface area contributed by atoms with Gasteiger partial charge in [-0.05, 0) is 18.2 Å². The van der Waals surface area contributed by atoms with Crippen molar-refractivity contribution in [1.82, 2.24) is 19.4 Å². The number of hydrogen-bond acceptors (Lipinski definition) is 6. The zero-order chi connectivity index (χ0) is 20.8. The fourth-order valence-corrected chi connectivity index (χ4v) is 5.09. The van der Waals surface area contributed by atoms with Crippen molar-refractivity contribution in [3.63, 3.8) is 0 Å². The number of thiazole rings is 1. The van der Waals surface area contributed by atoms with E-state index in [-0.39, 0.29) is 26.4 Å². The van der Waals surface area contributed by atoms with Crippen molar-refractivity contribution in [1.29, 1.82) is 0 Å². The summed E-state index contributed by atoms with van der Waals surface area (Å²) in [5, 5.41) is 0.0921. The number of aromatic nitrogens is 4. The van der Waals surface area contributed by atoms with Gasteiger partial charge in [0.05, 0.1) is 12.1 Å². The molecule has 4 rings (SSSR count). The second kappa shape index (κ2) is 7.67. The lowest BCUT2D eigenvalue weighted by molar-refractivity contribution is -0.140. The minimum Gasteiger partial charge on any atom is -0.481 e. The Balaban J connectivity index is 1.81. The van der Waals surface area contributed by atoms with Crippen LogP contribution in [0.3, 0.4) is 0 Å². The van der Waals surface area contributed by atoms with Gasteiger partial charge in [-0.25, -0.2) is 15.0 Å². The Kier molecular flexibility index (Phi) is 5.36. The third-order valence-corrected chi connectivity index (χ3v) is 6.37. The van der Waals surface area contributed by atoms with Gasteiger partial charge in [0.25, 0.3) is 0 Å². The normalized spacial score (nSPS) is 11.9. The number of imidazole rings is 1. The first-order valence-corrected chi connectivity index (χ1v) is 10.2. The lowest BCUT2D eigenvalue weighted by atomic mass is 10.2. The quantitative estimate of drug-likeness (QED) is 0.344. The van der Waals surface area contributed by atoms with Crippen LogP contribution in [0, 0.1) is 0 Å². The Morgan fingerprint density at radius 1 is 1.17 bits per heavy atom. The predicted molar refractivity (Wildman–Crippen MR) is 106 cm³/mol. The Morgan fingerprint density at radius 2 is 1.97 bits per heavy atom. The topological polar surface area (TPSA) is 52.3 Å². The van der Waals surface area contributed by atoms with Gasteiger partial charge in [-0.3, -0.25) is 4.40 Å². The molecule has 0 unspecified atom stereocenters. The molecule has 0 amide bonds. The Morgan fingerprint density at radius 3 is 2.62 bits per heavy atom. The van der Waals surface area contributed by atoms with Crippen LogP contribution in [0.4, 0.5) is 13.2 Å². The molecule has 0 bridgehead atoms. The molecule has 0 fully saturated rings. The van der Waals surface area contributed by atoms with Crippen LogP contribution in [0.25, 0.3) is 17.0 Å². The second-order valence-electron chi connectivity index (χ2n) is 5.60. The van der Waals surface area contributed by atoms with Crippen molar-refractivity contribution in [3.05, 3.63) is 51.7 Å². The van der Waals surface area contributed by atoms with Crippen LogP contribution in [0.15, 0.2) is 45.9 Å². The molecule has 0 spiro atoms. The van der Waals surface area contributed by atoms with Crippen molar-refractivity contribution in [2.24, 2.45) is 0 Å². The first kappa shape index (κ1) is 20.3. The highest BCUT2D eigenvalue weighted by atomic mass is 35.5. The van der Waals surface area contributed by atoms with Crippen LogP contribution < -0.4 is 4.74 Å². The fourth-order valence-electron chi connectivity index (χ4n) is 2.58. The second-order valence-corrected chi connectivity index (χ2v) is 8.93. The molecule has 4 aromatic heterocycles. The molecule has 29 heavy (non-hydrogen) atoms. The van der Waals surface area contributed by atoms with E-state index in [1.807, 2.05) is 0 Å². The fraction of sp³-hybridized carbons (Fsp3) is 0.118. The number of ether oxygens (including phenoxy) is 1. The molecule has 150 valence electrons. The summed E-state index contributed by atoms with van der Waals surface area (Å²) in [6, 6.07) is 6.43. The number of hydrogen-bond donors (Lipinski definition) is 0. The standard InChI is InChI=1S/C17H9Cl2F3N4OS2/c1-27-10-5-4-8(7-23-10)28-16-24-11(14(19)29-16)12-13(17(20,21)22)25-15-9(18)3-2-6-26(12)15/h2-7H,1H3. The lowest BCUT2D eigenvalue weighted by Crippen LogP contribution is -2.08. The minimum absolute atomic E-state index is 0.0114. The van der Waals surface area contributed by atoms with Gasteiger partial charge in [0, 0.05) is 23.4 Å². The number of methoxy groups -OCH3 is 1. The van der Waals surface area contributed by atoms with Crippen molar-refractivity contribution in [2.75, 3.05) is 7.11 Å². The van der Waals surface area contributed by atoms with Gasteiger partial charge in [-0.2, -0.15) is 13.2 Å². The van der Waals surface area contributed by atoms with Crippen LogP contribution in [0.1, 0.15) is 5.69 Å². The van der Waals surface area contributed by atoms with E-state index in [9.17, 15) is 13.2 Å². The summed E-state index contributed by atoms with van der Waals surface area (Å²) in [5.74, 6) is 0.449. The van der Waals surface area contributed by atoms with Crippen molar-refractivity contribution < 1.29 is 17.9 Å². The molecular weight excluding hydrogens is 468 g/mol. The largest absolute Gasteiger partial charge is 0.481 e. The van der Waals surface area contributed by atoms with Crippen molar-refractivity contribution >= 4 is 51.9 Å². The van der Waals surface area contributed by atoms with Crippen LogP contribution in [0.5, 0.6) is 5.88 Å². The molecule has 0 saturated heterocycles. The summed E-state index contributed by atoms with van der Waals surface area (Å²) in [6.45, 7) is 0. The van der Waals surface area contributed by atoms with E-state index in [4.69, 9.17) is 27.9 Å². The summed E-state index contributed by atoms with van der Waals surface area (Å²) in [6.07, 6.45) is -1.69. The highest BCUT2D eigenvalue weighted by Crippen LogP contribution is 2.44. The van der Waals surface area contributed by atoms with E-state index in [1.54, 1.807) is 18.3 Å². The molecule has 0 saturated carbocycles. The first-order chi connectivity index (χ1) is 13.8. The molecule has 0 radical (unpaired) electrons. The molecule has 4 heterocycles. The van der Waals surface area contributed by atoms with Crippen LogP contribution in [-0.4, -0.2) is 26.5 Å². The van der Waals surface area contributed by atoms with Crippen molar-refractivity contribution in [2.45, 2.75) is 15.4 Å². The van der Waals surface area contributed by atoms with Gasteiger partial charge in [0.15, 0.2) is 15.7 Å². The van der Waals surface area contributed by atoms with Gasteiger partial charge in [0.2, 0.25) is 5.88 Å². The number of halogens is 5. The number of nitrogens with zero attached hydrogens (tertiary/aromatic N) is 4. The number of alkyl halides is 3. The number of fused-ring (bicyclic) bond motifs is 1. The maximum atomic E-state index is 13.6. The molecule has 0 atom stereocenters. The van der Waals surface area contributed by atoms with E-state index in [2.05, 4.69) is 15.0 Å². The minimum atomic E-state index is -4.70. The van der Waals surface area contributed by atoms with Gasteiger partial charge in [-0.1, -0.05) is 46.3 Å². The summed E-state index contributed by atoms with van der Waals surface area (Å²) >= 11 is 14.6. The van der Waals surface area contributed by atoms with E-state index in [1.165, 1.54) is 41.6 Å². The monoisotopic (exact) mass is 476 g/mol. The smallest absolute Gasteiger partial charge is 0.435 e. The predicted octanol–water partition coefficient (Wildman–Crippen LogP) is 6.34. The zero-order valence-electron chi connectivity index (χ0n) is 14.4. The summed E-state index contributed by atoms with van der Waals surface area (Å²) in [5.41, 5.74) is -1.38. The molecule has 12 heteroatoms. The van der Waals surface area contributed by atoms with Crippen LogP contribution in [0.2, 0.25) is 9.36 Å². The van der Waals surface area contributed by atoms with Crippen LogP contribution >= 0.6 is 46.3 Å². The van der Waals surface area contributed by atoms with Gasteiger partial charge in [0.1, 0.15) is 15.7 Å². The van der Waals surface area contributed by atoms with Gasteiger partial charge in [-0.15, -0.1) is 0 Å². The SMILES string of the molecule is COc1ccc(Sc2nc(-c3c(C(F)(F)F)nc4c(Cl)cccn34)c(Cl)s2)cn1. The third-order valence-electron chi connectivity index (χ3n) is 3.78. The first-order valence-electron chi connectivity index (χ1n) is 7.86. The molecule has 0 aromatic carbocycles. The zero-order valence-corrected chi connectivity index (χ0v) is 17.5. The molecule has 0 N–H and O–H groups in total. The van der Waals surface area contributed by atoms with E-state index < -0.39 is 11.9 Å². The molecule has 4 aromatic rings. The van der Waals surface area contributed by atoms with E-state index >= 15 is 0 Å². The third kappa shape index (κ3) is 3.89. The summed E-state index contributed by atoms with van der Waals surface area (Å²) < 4.78 is 47.8. The van der Waals surface area contributed by atoms with Gasteiger partial charge >= 0.3 is 6.18 Å². The molecule has 0 aliphatic carbocycles. The maximum Gasteiger partial charge on any atom is 0.435 e. The molecular formula is C17H9Cl2F3N4OS2. The Bertz CT molecular complexity index is 1190. The highest BCUT2D eigenvalue weighted by molar-refractivity contribution is 8.01. The summed E-state index contributed by atoms with van der Waals surface area (Å²) in [4.78, 5) is 12.9. The molecule has 0 aliphatic rings. The van der Waals surface area contributed by atoms with Crippen LogP contribution in [-0.2, 0) is 6.18 Å². The van der Waals surface area contributed by atoms with Crippen molar-refractivity contribution in [3.8, 4) is 17.3 Å². The molecule has 5 nitrogen and oxygen atoms in total. The highest BCUT2D eigenvalue weighted by Gasteiger charge is 2.40. The van der Waals surface area contributed by atoms with E-state index in [0.29, 0.717) is 10.2 Å². The summed E-state index contributed by atoms with van der Waals surface area (Å²) in [7, 11) is 1.50. The van der Waals surface area contributed by atoms with E-state index in [0.717, 1.165) is 16.2 Å². The number of pyridine rings is 2. The number of rotatable bonds is 4. The Hall–Kier alpha value is -2.01. The maximum absolute atomic E-state index is 13.6. The van der Waals surface area contributed by atoms with Gasteiger partial charge < -0.3 is 4.74 Å². The Labute approximate surface area is 180 Å².